The Morgan fingerprint density at radius 2 is 2.13 bits per heavy atom. The van der Waals surface area contributed by atoms with Crippen LogP contribution in [0.25, 0.3) is 0 Å². The minimum atomic E-state index is -0.0842. The molecule has 7 heteroatoms. The highest BCUT2D eigenvalue weighted by molar-refractivity contribution is 5.90. The van der Waals surface area contributed by atoms with Crippen molar-refractivity contribution in [1.82, 2.24) is 15.6 Å². The Bertz CT molecular complexity index is 488. The van der Waals surface area contributed by atoms with E-state index in [1.54, 1.807) is 12.3 Å². The van der Waals surface area contributed by atoms with Crippen molar-refractivity contribution in [3.05, 3.63) is 23.9 Å². The molecule has 1 aromatic heterocycles. The van der Waals surface area contributed by atoms with E-state index in [2.05, 4.69) is 25.9 Å². The van der Waals surface area contributed by atoms with E-state index < -0.39 is 0 Å². The number of hydrogen-bond acceptors (Lipinski definition) is 4. The number of aryl methyl sites for hydroxylation is 1. The summed E-state index contributed by atoms with van der Waals surface area (Å²) in [4.78, 5) is 20.4. The van der Waals surface area contributed by atoms with E-state index in [-0.39, 0.29) is 5.91 Å². The van der Waals surface area contributed by atoms with E-state index in [0.29, 0.717) is 44.5 Å². The molecule has 0 fully saturated rings. The SMILES string of the molecule is CCNC(=NCCOCC)NCCC(=O)Nc1ccc(C)cn1. The van der Waals surface area contributed by atoms with Crippen LogP contribution in [0.15, 0.2) is 23.3 Å². The zero-order valence-corrected chi connectivity index (χ0v) is 14.2. The molecule has 1 amide bonds. The van der Waals surface area contributed by atoms with Crippen LogP contribution < -0.4 is 16.0 Å². The Labute approximate surface area is 137 Å². The van der Waals surface area contributed by atoms with E-state index >= 15 is 0 Å². The van der Waals surface area contributed by atoms with Crippen molar-refractivity contribution in [3.63, 3.8) is 0 Å². The maximum absolute atomic E-state index is 11.9. The van der Waals surface area contributed by atoms with Gasteiger partial charge in [0.15, 0.2) is 5.96 Å². The van der Waals surface area contributed by atoms with Gasteiger partial charge < -0.3 is 20.7 Å². The summed E-state index contributed by atoms with van der Waals surface area (Å²) in [6, 6.07) is 3.70. The third kappa shape index (κ3) is 8.77. The molecule has 0 aliphatic heterocycles. The van der Waals surface area contributed by atoms with Gasteiger partial charge in [-0.1, -0.05) is 6.07 Å². The highest BCUT2D eigenvalue weighted by atomic mass is 16.5. The monoisotopic (exact) mass is 321 g/mol. The molecule has 1 aromatic rings. The minimum Gasteiger partial charge on any atom is -0.380 e. The van der Waals surface area contributed by atoms with Gasteiger partial charge in [-0.25, -0.2) is 4.98 Å². The number of carbonyl (C=O) groups is 1. The lowest BCUT2D eigenvalue weighted by Gasteiger charge is -2.11. The number of guanidine groups is 1. The average molecular weight is 321 g/mol. The first kappa shape index (κ1) is 18.9. The summed E-state index contributed by atoms with van der Waals surface area (Å²) in [6.45, 7) is 9.03. The number of amides is 1. The van der Waals surface area contributed by atoms with Gasteiger partial charge in [-0.05, 0) is 32.4 Å². The summed E-state index contributed by atoms with van der Waals surface area (Å²) in [7, 11) is 0. The summed E-state index contributed by atoms with van der Waals surface area (Å²) in [5.41, 5.74) is 1.06. The molecule has 0 aliphatic rings. The van der Waals surface area contributed by atoms with Crippen LogP contribution in [0.5, 0.6) is 0 Å². The quantitative estimate of drug-likeness (QED) is 0.363. The molecule has 1 rings (SSSR count). The number of ether oxygens (including phenoxy) is 1. The summed E-state index contributed by atoms with van der Waals surface area (Å²) in [5.74, 6) is 1.17. The van der Waals surface area contributed by atoms with Crippen molar-refractivity contribution in [3.8, 4) is 0 Å². The first-order valence-electron chi connectivity index (χ1n) is 7.98. The summed E-state index contributed by atoms with van der Waals surface area (Å²) >= 11 is 0. The fourth-order valence-electron chi connectivity index (χ4n) is 1.75. The van der Waals surface area contributed by atoms with Crippen molar-refractivity contribution in [2.24, 2.45) is 4.99 Å². The second-order valence-electron chi connectivity index (χ2n) is 4.90. The van der Waals surface area contributed by atoms with Gasteiger partial charge in [0.25, 0.3) is 0 Å². The number of anilines is 1. The maximum Gasteiger partial charge on any atom is 0.227 e. The van der Waals surface area contributed by atoms with E-state index in [1.165, 1.54) is 0 Å². The van der Waals surface area contributed by atoms with Gasteiger partial charge in [0.05, 0.1) is 13.2 Å². The van der Waals surface area contributed by atoms with Crippen LogP contribution in [-0.4, -0.2) is 49.7 Å². The Kier molecular flexibility index (Phi) is 9.38. The molecule has 0 spiro atoms. The molecule has 0 saturated carbocycles. The zero-order valence-electron chi connectivity index (χ0n) is 14.2. The van der Waals surface area contributed by atoms with Crippen LogP contribution in [0.1, 0.15) is 25.8 Å². The molecule has 23 heavy (non-hydrogen) atoms. The van der Waals surface area contributed by atoms with Gasteiger partial charge >= 0.3 is 0 Å². The van der Waals surface area contributed by atoms with E-state index in [9.17, 15) is 4.79 Å². The predicted molar refractivity (Wildman–Crippen MR) is 92.7 cm³/mol. The van der Waals surface area contributed by atoms with Gasteiger partial charge in [-0.2, -0.15) is 0 Å². The lowest BCUT2D eigenvalue weighted by atomic mass is 10.3. The molecular weight excluding hydrogens is 294 g/mol. The molecule has 0 unspecified atom stereocenters. The number of rotatable bonds is 9. The average Bonchev–Trinajstić information content (AvgIpc) is 2.53. The normalized spacial score (nSPS) is 11.2. The Balaban J connectivity index is 2.31. The minimum absolute atomic E-state index is 0.0842. The van der Waals surface area contributed by atoms with Crippen molar-refractivity contribution < 1.29 is 9.53 Å². The van der Waals surface area contributed by atoms with E-state index in [4.69, 9.17) is 4.74 Å². The molecule has 0 aromatic carbocycles. The first-order chi connectivity index (χ1) is 11.2. The number of aliphatic imine (C=N–C) groups is 1. The summed E-state index contributed by atoms with van der Waals surface area (Å²) in [5, 5.41) is 9.02. The van der Waals surface area contributed by atoms with Gasteiger partial charge in [0.1, 0.15) is 5.82 Å². The molecule has 128 valence electrons. The number of nitrogens with zero attached hydrogens (tertiary/aromatic N) is 2. The van der Waals surface area contributed by atoms with Crippen LogP contribution in [0.3, 0.4) is 0 Å². The Hall–Kier alpha value is -2.15. The number of aromatic nitrogens is 1. The first-order valence-corrected chi connectivity index (χ1v) is 7.98. The topological polar surface area (TPSA) is 87.6 Å². The van der Waals surface area contributed by atoms with Crippen LogP contribution in [-0.2, 0) is 9.53 Å². The van der Waals surface area contributed by atoms with E-state index in [1.807, 2.05) is 26.8 Å². The molecule has 0 radical (unpaired) electrons. The van der Waals surface area contributed by atoms with Crippen molar-refractivity contribution in [2.75, 3.05) is 38.2 Å². The molecular formula is C16H27N5O2. The second kappa shape index (κ2) is 11.4. The van der Waals surface area contributed by atoms with Crippen molar-refractivity contribution >= 4 is 17.7 Å². The van der Waals surface area contributed by atoms with Crippen LogP contribution in [0.4, 0.5) is 5.82 Å². The number of nitrogens with one attached hydrogen (secondary N) is 3. The molecule has 3 N–H and O–H groups in total. The lowest BCUT2D eigenvalue weighted by molar-refractivity contribution is -0.116. The lowest BCUT2D eigenvalue weighted by Crippen LogP contribution is -2.39. The standard InChI is InChI=1S/C16H27N5O2/c1-4-17-16(19-10-11-23-5-2)18-9-8-15(22)21-14-7-6-13(3)12-20-14/h6-7,12H,4-5,8-11H2,1-3H3,(H2,17,18,19)(H,20,21,22). The smallest absolute Gasteiger partial charge is 0.227 e. The Morgan fingerprint density at radius 1 is 1.30 bits per heavy atom. The number of carbonyl (C=O) groups excluding carboxylic acids is 1. The number of pyridine rings is 1. The van der Waals surface area contributed by atoms with Gasteiger partial charge in [0, 0.05) is 32.3 Å². The van der Waals surface area contributed by atoms with Crippen LogP contribution in [0, 0.1) is 6.92 Å². The zero-order chi connectivity index (χ0) is 16.9. The van der Waals surface area contributed by atoms with E-state index in [0.717, 1.165) is 12.1 Å². The predicted octanol–water partition coefficient (Wildman–Crippen LogP) is 1.31. The highest BCUT2D eigenvalue weighted by Crippen LogP contribution is 2.03. The van der Waals surface area contributed by atoms with Crippen LogP contribution in [0.2, 0.25) is 0 Å². The fraction of sp³-hybridized carbons (Fsp3) is 0.562. The second-order valence-corrected chi connectivity index (χ2v) is 4.90. The van der Waals surface area contributed by atoms with Gasteiger partial charge in [0.2, 0.25) is 5.91 Å². The largest absolute Gasteiger partial charge is 0.380 e. The summed E-state index contributed by atoms with van der Waals surface area (Å²) in [6.07, 6.45) is 2.06. The molecule has 7 nitrogen and oxygen atoms in total. The molecule has 0 atom stereocenters. The maximum atomic E-state index is 11.9. The third-order valence-electron chi connectivity index (χ3n) is 2.88. The van der Waals surface area contributed by atoms with Gasteiger partial charge in [-0.3, -0.25) is 9.79 Å². The number of hydrogen-bond donors (Lipinski definition) is 3. The van der Waals surface area contributed by atoms with Crippen molar-refractivity contribution in [1.29, 1.82) is 0 Å². The molecule has 0 bridgehead atoms. The van der Waals surface area contributed by atoms with Crippen molar-refractivity contribution in [2.45, 2.75) is 27.2 Å². The molecule has 0 aliphatic carbocycles. The summed E-state index contributed by atoms with van der Waals surface area (Å²) < 4.78 is 5.25. The van der Waals surface area contributed by atoms with Crippen LogP contribution >= 0.6 is 0 Å². The van der Waals surface area contributed by atoms with Gasteiger partial charge in [-0.15, -0.1) is 0 Å². The molecule has 0 saturated heterocycles. The third-order valence-corrected chi connectivity index (χ3v) is 2.88. The highest BCUT2D eigenvalue weighted by Gasteiger charge is 2.04. The fourth-order valence-corrected chi connectivity index (χ4v) is 1.75. The molecule has 1 heterocycles. The Morgan fingerprint density at radius 3 is 2.78 bits per heavy atom.